The minimum absolute atomic E-state index is 0.0565. The van der Waals surface area contributed by atoms with E-state index in [9.17, 15) is 33.1 Å². The highest BCUT2D eigenvalue weighted by Gasteiger charge is 2.21. The SMILES string of the molecule is COc1ccc(-c2coc3cc(O)c(O)c(O)c3c2=O)cc1S(=O)(=O)O. The van der Waals surface area contributed by atoms with Crippen LogP contribution in [0.25, 0.3) is 22.1 Å². The summed E-state index contributed by atoms with van der Waals surface area (Å²) in [5, 5.41) is 28.6. The largest absolute Gasteiger partial charge is 0.504 e. The molecule has 0 unspecified atom stereocenters. The summed E-state index contributed by atoms with van der Waals surface area (Å²) >= 11 is 0. The van der Waals surface area contributed by atoms with Crippen LogP contribution in [0.3, 0.4) is 0 Å². The maximum Gasteiger partial charge on any atom is 0.298 e. The highest BCUT2D eigenvalue weighted by atomic mass is 32.2. The van der Waals surface area contributed by atoms with E-state index in [-0.39, 0.29) is 22.5 Å². The normalized spacial score (nSPS) is 11.6. The van der Waals surface area contributed by atoms with Crippen LogP contribution in [0.2, 0.25) is 0 Å². The fourth-order valence-electron chi connectivity index (χ4n) is 2.49. The lowest BCUT2D eigenvalue weighted by Crippen LogP contribution is -2.07. The summed E-state index contributed by atoms with van der Waals surface area (Å²) in [5.41, 5.74) is -1.06. The van der Waals surface area contributed by atoms with Gasteiger partial charge in [0.05, 0.1) is 12.7 Å². The topological polar surface area (TPSA) is 154 Å². The first kappa shape index (κ1) is 17.6. The molecule has 26 heavy (non-hydrogen) atoms. The Labute approximate surface area is 146 Å². The molecule has 3 aromatic rings. The molecule has 0 amide bonds. The highest BCUT2D eigenvalue weighted by Crippen LogP contribution is 2.40. The van der Waals surface area contributed by atoms with E-state index in [1.54, 1.807) is 0 Å². The molecule has 0 saturated heterocycles. The molecule has 0 atom stereocenters. The van der Waals surface area contributed by atoms with Crippen LogP contribution in [0.4, 0.5) is 0 Å². The molecule has 4 N–H and O–H groups in total. The molecule has 1 heterocycles. The van der Waals surface area contributed by atoms with Crippen LogP contribution in [-0.4, -0.2) is 35.4 Å². The molecule has 0 saturated carbocycles. The average Bonchev–Trinajstić information content (AvgIpc) is 2.58. The van der Waals surface area contributed by atoms with Gasteiger partial charge in [0, 0.05) is 6.07 Å². The number of aromatic hydroxyl groups is 3. The zero-order valence-corrected chi connectivity index (χ0v) is 13.9. The fourth-order valence-corrected chi connectivity index (χ4v) is 3.17. The molecule has 3 rings (SSSR count). The first-order valence-electron chi connectivity index (χ1n) is 7.00. The van der Waals surface area contributed by atoms with Crippen molar-refractivity contribution >= 4 is 21.1 Å². The smallest absolute Gasteiger partial charge is 0.298 e. The van der Waals surface area contributed by atoms with Crippen LogP contribution >= 0.6 is 0 Å². The Kier molecular flexibility index (Phi) is 4.01. The van der Waals surface area contributed by atoms with Crippen molar-refractivity contribution in [3.05, 3.63) is 40.8 Å². The third kappa shape index (κ3) is 2.70. The second-order valence-corrected chi connectivity index (χ2v) is 6.68. The zero-order valence-electron chi connectivity index (χ0n) is 13.1. The van der Waals surface area contributed by atoms with Gasteiger partial charge >= 0.3 is 0 Å². The van der Waals surface area contributed by atoms with Crippen molar-refractivity contribution in [2.24, 2.45) is 0 Å². The van der Waals surface area contributed by atoms with Crippen molar-refractivity contribution in [2.45, 2.75) is 4.90 Å². The Morgan fingerprint density at radius 1 is 1.08 bits per heavy atom. The van der Waals surface area contributed by atoms with Crippen molar-refractivity contribution in [3.8, 4) is 34.1 Å². The first-order valence-corrected chi connectivity index (χ1v) is 8.44. The number of ether oxygens (including phenoxy) is 1. The Morgan fingerprint density at radius 3 is 2.38 bits per heavy atom. The van der Waals surface area contributed by atoms with E-state index in [0.717, 1.165) is 18.4 Å². The van der Waals surface area contributed by atoms with Crippen LogP contribution in [0.5, 0.6) is 23.0 Å². The second-order valence-electron chi connectivity index (χ2n) is 5.29. The van der Waals surface area contributed by atoms with Crippen molar-refractivity contribution < 1.29 is 37.4 Å². The lowest BCUT2D eigenvalue weighted by atomic mass is 10.0. The monoisotopic (exact) mass is 380 g/mol. The maximum absolute atomic E-state index is 12.7. The summed E-state index contributed by atoms with van der Waals surface area (Å²) in [6.07, 6.45) is 0.996. The fraction of sp³-hybridized carbons (Fsp3) is 0.0625. The number of rotatable bonds is 3. The van der Waals surface area contributed by atoms with Gasteiger partial charge in [-0.1, -0.05) is 6.07 Å². The molecule has 10 heteroatoms. The number of hydrogen-bond acceptors (Lipinski definition) is 8. The molecule has 0 spiro atoms. The second kappa shape index (κ2) is 5.93. The number of hydrogen-bond donors (Lipinski definition) is 4. The standard InChI is InChI=1S/C16H12O9S/c1-24-10-3-2-7(4-12(10)26(21,22)23)8-6-25-11-5-9(17)15(19)16(20)13(11)14(8)18/h2-6,17,19-20H,1H3,(H,21,22,23). The van der Waals surface area contributed by atoms with E-state index in [4.69, 9.17) is 9.15 Å². The van der Waals surface area contributed by atoms with E-state index in [1.165, 1.54) is 19.2 Å². The molecular weight excluding hydrogens is 368 g/mol. The summed E-state index contributed by atoms with van der Waals surface area (Å²) in [6.45, 7) is 0. The van der Waals surface area contributed by atoms with Gasteiger partial charge in [-0.05, 0) is 17.7 Å². The van der Waals surface area contributed by atoms with E-state index in [1.807, 2.05) is 0 Å². The summed E-state index contributed by atoms with van der Waals surface area (Å²) in [4.78, 5) is 12.1. The molecule has 0 aliphatic rings. The molecule has 0 radical (unpaired) electrons. The van der Waals surface area contributed by atoms with Gasteiger partial charge in [0.1, 0.15) is 27.9 Å². The summed E-state index contributed by atoms with van der Waals surface area (Å²) in [5.74, 6) is -2.58. The molecular formula is C16H12O9S. The molecule has 0 fully saturated rings. The van der Waals surface area contributed by atoms with Crippen molar-refractivity contribution in [3.63, 3.8) is 0 Å². The van der Waals surface area contributed by atoms with Gasteiger partial charge in [-0.3, -0.25) is 9.35 Å². The van der Waals surface area contributed by atoms with Crippen LogP contribution in [0.15, 0.2) is 44.6 Å². The van der Waals surface area contributed by atoms with Crippen molar-refractivity contribution in [1.82, 2.24) is 0 Å². The Hall–Kier alpha value is -3.24. The van der Waals surface area contributed by atoms with Gasteiger partial charge < -0.3 is 24.5 Å². The lowest BCUT2D eigenvalue weighted by molar-refractivity contribution is 0.370. The van der Waals surface area contributed by atoms with Crippen LogP contribution in [0.1, 0.15) is 0 Å². The summed E-state index contributed by atoms with van der Waals surface area (Å²) in [7, 11) is -3.42. The quantitative estimate of drug-likeness (QED) is 0.393. The van der Waals surface area contributed by atoms with Gasteiger partial charge in [0.25, 0.3) is 10.1 Å². The Bertz CT molecular complexity index is 1190. The molecule has 2 aromatic carbocycles. The molecule has 0 aliphatic heterocycles. The van der Waals surface area contributed by atoms with Crippen LogP contribution < -0.4 is 10.2 Å². The number of phenols is 3. The average molecular weight is 380 g/mol. The molecule has 1 aromatic heterocycles. The zero-order chi connectivity index (χ0) is 19.2. The maximum atomic E-state index is 12.7. The first-order chi connectivity index (χ1) is 12.1. The third-order valence-corrected chi connectivity index (χ3v) is 4.62. The summed E-state index contributed by atoms with van der Waals surface area (Å²) in [6, 6.07) is 4.54. The predicted molar refractivity (Wildman–Crippen MR) is 89.3 cm³/mol. The van der Waals surface area contributed by atoms with Crippen LogP contribution in [-0.2, 0) is 10.1 Å². The lowest BCUT2D eigenvalue weighted by Gasteiger charge is -2.09. The molecule has 9 nitrogen and oxygen atoms in total. The number of fused-ring (bicyclic) bond motifs is 1. The van der Waals surface area contributed by atoms with Gasteiger partial charge in [0.15, 0.2) is 11.5 Å². The van der Waals surface area contributed by atoms with Crippen LogP contribution in [0, 0.1) is 0 Å². The van der Waals surface area contributed by atoms with E-state index in [2.05, 4.69) is 0 Å². The Balaban J connectivity index is 2.34. The molecule has 136 valence electrons. The minimum Gasteiger partial charge on any atom is -0.504 e. The molecule has 0 bridgehead atoms. The Morgan fingerprint density at radius 2 is 1.77 bits per heavy atom. The third-order valence-electron chi connectivity index (χ3n) is 3.75. The summed E-state index contributed by atoms with van der Waals surface area (Å²) < 4.78 is 42.4. The van der Waals surface area contributed by atoms with Gasteiger partial charge in [-0.15, -0.1) is 0 Å². The number of methoxy groups -OCH3 is 1. The highest BCUT2D eigenvalue weighted by molar-refractivity contribution is 7.86. The number of benzene rings is 2. The van der Waals surface area contributed by atoms with Crippen molar-refractivity contribution in [2.75, 3.05) is 7.11 Å². The predicted octanol–water partition coefficient (Wildman–Crippen LogP) is 1.83. The van der Waals surface area contributed by atoms with E-state index < -0.39 is 43.1 Å². The van der Waals surface area contributed by atoms with E-state index in [0.29, 0.717) is 0 Å². The van der Waals surface area contributed by atoms with Gasteiger partial charge in [0.2, 0.25) is 11.2 Å². The van der Waals surface area contributed by atoms with Gasteiger partial charge in [-0.2, -0.15) is 8.42 Å². The minimum atomic E-state index is -4.63. The van der Waals surface area contributed by atoms with Gasteiger partial charge in [-0.25, -0.2) is 0 Å². The van der Waals surface area contributed by atoms with E-state index >= 15 is 0 Å². The molecule has 0 aliphatic carbocycles. The van der Waals surface area contributed by atoms with Crippen molar-refractivity contribution in [1.29, 1.82) is 0 Å². The number of phenolic OH excluding ortho intramolecular Hbond substituents is 3.